The fourth-order valence-corrected chi connectivity index (χ4v) is 3.58. The summed E-state index contributed by atoms with van der Waals surface area (Å²) in [5, 5.41) is 0. The molecule has 0 radical (unpaired) electrons. The van der Waals surface area contributed by atoms with Crippen LogP contribution in [0.3, 0.4) is 0 Å². The van der Waals surface area contributed by atoms with Crippen LogP contribution in [0.4, 0.5) is 0 Å². The summed E-state index contributed by atoms with van der Waals surface area (Å²) in [5.74, 6) is 0.307. The number of rotatable bonds is 1. The van der Waals surface area contributed by atoms with E-state index in [0.29, 0.717) is 26.2 Å². The van der Waals surface area contributed by atoms with Crippen molar-refractivity contribution in [2.24, 2.45) is 0 Å². The van der Waals surface area contributed by atoms with Gasteiger partial charge >= 0.3 is 0 Å². The minimum absolute atomic E-state index is 0.131. The molecule has 0 saturated carbocycles. The molecule has 0 aromatic heterocycles. The quantitative estimate of drug-likeness (QED) is 0.704. The third-order valence-corrected chi connectivity index (χ3v) is 4.90. The zero-order valence-corrected chi connectivity index (χ0v) is 11.6. The summed E-state index contributed by atoms with van der Waals surface area (Å²) in [6, 6.07) is -0.199. The van der Waals surface area contributed by atoms with E-state index < -0.39 is 0 Å². The van der Waals surface area contributed by atoms with E-state index in [9.17, 15) is 9.59 Å². The van der Waals surface area contributed by atoms with E-state index in [1.165, 1.54) is 0 Å². The lowest BCUT2D eigenvalue weighted by Gasteiger charge is -2.44. The van der Waals surface area contributed by atoms with E-state index in [1.807, 2.05) is 4.90 Å². The molecule has 1 unspecified atom stereocenters. The van der Waals surface area contributed by atoms with Crippen molar-refractivity contribution in [2.75, 3.05) is 26.3 Å². The molecule has 5 heteroatoms. The van der Waals surface area contributed by atoms with Crippen LogP contribution >= 0.6 is 0 Å². The third-order valence-electron chi connectivity index (χ3n) is 4.90. The summed E-state index contributed by atoms with van der Waals surface area (Å²) in [6.45, 7) is 4.89. The lowest BCUT2D eigenvalue weighted by Crippen LogP contribution is -2.56. The van der Waals surface area contributed by atoms with Crippen LogP contribution in [0, 0.1) is 0 Å². The number of nitrogens with zero attached hydrogens (tertiary/aromatic N) is 2. The molecule has 0 bridgehead atoms. The number of hydrogen-bond donors (Lipinski definition) is 0. The minimum Gasteiger partial charge on any atom is -0.381 e. The third kappa shape index (κ3) is 2.14. The number of carbonyl (C=O) groups excluding carboxylic acids is 2. The molecular weight excluding hydrogens is 244 g/mol. The van der Waals surface area contributed by atoms with Gasteiger partial charge in [-0.15, -0.1) is 0 Å². The fourth-order valence-electron chi connectivity index (χ4n) is 3.58. The van der Waals surface area contributed by atoms with Crippen molar-refractivity contribution in [3.8, 4) is 0 Å². The molecule has 0 aromatic rings. The van der Waals surface area contributed by atoms with E-state index in [4.69, 9.17) is 4.74 Å². The number of carbonyl (C=O) groups is 2. The van der Waals surface area contributed by atoms with Crippen LogP contribution in [0.5, 0.6) is 0 Å². The zero-order chi connectivity index (χ0) is 13.5. The molecule has 2 amide bonds. The molecule has 5 nitrogen and oxygen atoms in total. The molecule has 3 heterocycles. The summed E-state index contributed by atoms with van der Waals surface area (Å²) >= 11 is 0. The van der Waals surface area contributed by atoms with Gasteiger partial charge in [0.25, 0.3) is 0 Å². The van der Waals surface area contributed by atoms with Gasteiger partial charge in [0.05, 0.1) is 0 Å². The molecule has 3 fully saturated rings. The summed E-state index contributed by atoms with van der Waals surface area (Å²) in [4.78, 5) is 28.6. The Bertz CT molecular complexity index is 390. The zero-order valence-electron chi connectivity index (χ0n) is 11.6. The van der Waals surface area contributed by atoms with Crippen molar-refractivity contribution >= 4 is 11.8 Å². The highest BCUT2D eigenvalue weighted by Crippen LogP contribution is 2.32. The maximum atomic E-state index is 12.8. The van der Waals surface area contributed by atoms with Gasteiger partial charge in [-0.25, -0.2) is 0 Å². The predicted octanol–water partition coefficient (Wildman–Crippen LogP) is 0.779. The molecule has 0 aliphatic carbocycles. The van der Waals surface area contributed by atoms with E-state index in [1.54, 1.807) is 4.90 Å². The average molecular weight is 266 g/mol. The fraction of sp³-hybridized carbons (Fsp3) is 0.857. The number of fused-ring (bicyclic) bond motifs is 1. The van der Waals surface area contributed by atoms with E-state index in [0.717, 1.165) is 32.2 Å². The number of ether oxygens (including phenoxy) is 1. The second-order valence-electron chi connectivity index (χ2n) is 6.09. The van der Waals surface area contributed by atoms with Crippen molar-refractivity contribution in [2.45, 2.75) is 50.6 Å². The first kappa shape index (κ1) is 12.9. The number of hydrogen-bond acceptors (Lipinski definition) is 3. The van der Waals surface area contributed by atoms with Crippen LogP contribution in [0.25, 0.3) is 0 Å². The van der Waals surface area contributed by atoms with Gasteiger partial charge in [0, 0.05) is 38.3 Å². The Morgan fingerprint density at radius 3 is 2.68 bits per heavy atom. The molecular formula is C14H22N2O3. The van der Waals surface area contributed by atoms with E-state index >= 15 is 0 Å². The summed E-state index contributed by atoms with van der Waals surface area (Å²) in [6.07, 6.45) is 4.00. The molecule has 0 N–H and O–H groups in total. The maximum absolute atomic E-state index is 12.8. The first-order chi connectivity index (χ1) is 9.12. The van der Waals surface area contributed by atoms with Crippen LogP contribution < -0.4 is 0 Å². The Labute approximate surface area is 113 Å². The van der Waals surface area contributed by atoms with Gasteiger partial charge in [0.15, 0.2) is 0 Å². The van der Waals surface area contributed by atoms with E-state index in [-0.39, 0.29) is 23.4 Å². The summed E-state index contributed by atoms with van der Waals surface area (Å²) in [7, 11) is 0. The van der Waals surface area contributed by atoms with Crippen molar-refractivity contribution in [1.82, 2.24) is 9.80 Å². The van der Waals surface area contributed by atoms with Crippen molar-refractivity contribution in [3.63, 3.8) is 0 Å². The standard InChI is InChI=1S/C14H22N2O3/c1-14(5-9-19-10-6-14)16-8-4-12(17)15-7-2-3-11(15)13(16)18/h11H,2-10H2,1H3. The maximum Gasteiger partial charge on any atom is 0.245 e. The Morgan fingerprint density at radius 1 is 1.21 bits per heavy atom. The monoisotopic (exact) mass is 266 g/mol. The minimum atomic E-state index is -0.199. The van der Waals surface area contributed by atoms with Crippen LogP contribution in [0.15, 0.2) is 0 Å². The Kier molecular flexibility index (Phi) is 3.25. The smallest absolute Gasteiger partial charge is 0.245 e. The second kappa shape index (κ2) is 4.78. The van der Waals surface area contributed by atoms with Crippen molar-refractivity contribution in [3.05, 3.63) is 0 Å². The topological polar surface area (TPSA) is 49.9 Å². The van der Waals surface area contributed by atoms with Gasteiger partial charge in [-0.1, -0.05) is 0 Å². The normalized spacial score (nSPS) is 31.3. The lowest BCUT2D eigenvalue weighted by molar-refractivity contribution is -0.145. The van der Waals surface area contributed by atoms with Crippen LogP contribution in [-0.4, -0.2) is 59.5 Å². The summed E-state index contributed by atoms with van der Waals surface area (Å²) in [5.41, 5.74) is -0.131. The summed E-state index contributed by atoms with van der Waals surface area (Å²) < 4.78 is 5.41. The molecule has 3 aliphatic heterocycles. The number of amides is 2. The van der Waals surface area contributed by atoms with Gasteiger partial charge < -0.3 is 14.5 Å². The van der Waals surface area contributed by atoms with E-state index in [2.05, 4.69) is 6.92 Å². The van der Waals surface area contributed by atoms with Crippen LogP contribution in [0.2, 0.25) is 0 Å². The molecule has 1 atom stereocenters. The molecule has 0 aromatic carbocycles. The Balaban J connectivity index is 1.85. The Hall–Kier alpha value is -1.10. The first-order valence-electron chi connectivity index (χ1n) is 7.30. The molecule has 3 saturated heterocycles. The largest absolute Gasteiger partial charge is 0.381 e. The van der Waals surface area contributed by atoms with Gasteiger partial charge in [-0.3, -0.25) is 9.59 Å². The molecule has 0 spiro atoms. The van der Waals surface area contributed by atoms with Crippen molar-refractivity contribution in [1.29, 1.82) is 0 Å². The van der Waals surface area contributed by atoms with Gasteiger partial charge in [-0.2, -0.15) is 0 Å². The highest BCUT2D eigenvalue weighted by atomic mass is 16.5. The highest BCUT2D eigenvalue weighted by molar-refractivity contribution is 5.91. The van der Waals surface area contributed by atoms with Crippen molar-refractivity contribution < 1.29 is 14.3 Å². The lowest BCUT2D eigenvalue weighted by atomic mass is 9.89. The molecule has 106 valence electrons. The van der Waals surface area contributed by atoms with Gasteiger partial charge in [0.2, 0.25) is 11.8 Å². The predicted molar refractivity (Wildman–Crippen MR) is 69.5 cm³/mol. The Morgan fingerprint density at radius 2 is 1.95 bits per heavy atom. The molecule has 19 heavy (non-hydrogen) atoms. The SMILES string of the molecule is CC1(N2CCC(=O)N3CCCC3C2=O)CCOCC1. The highest BCUT2D eigenvalue weighted by Gasteiger charge is 2.45. The first-order valence-corrected chi connectivity index (χ1v) is 7.30. The molecule has 3 rings (SSSR count). The van der Waals surface area contributed by atoms with Gasteiger partial charge in [0.1, 0.15) is 6.04 Å². The second-order valence-corrected chi connectivity index (χ2v) is 6.09. The average Bonchev–Trinajstić information content (AvgIpc) is 2.84. The molecule has 3 aliphatic rings. The van der Waals surface area contributed by atoms with Crippen LogP contribution in [0.1, 0.15) is 39.0 Å². The van der Waals surface area contributed by atoms with Gasteiger partial charge in [-0.05, 0) is 32.6 Å². The van der Waals surface area contributed by atoms with Crippen LogP contribution in [-0.2, 0) is 14.3 Å².